The van der Waals surface area contributed by atoms with E-state index in [-0.39, 0.29) is 6.67 Å². The molecule has 10 heavy (non-hydrogen) atoms. The molecule has 0 unspecified atom stereocenters. The molecule has 0 aromatic carbocycles. The van der Waals surface area contributed by atoms with Crippen LogP contribution in [0.15, 0.2) is 0 Å². The van der Waals surface area contributed by atoms with Crippen LogP contribution in [0, 0.1) is 5.92 Å². The number of hydrogen-bond acceptors (Lipinski definition) is 1. The van der Waals surface area contributed by atoms with Crippen molar-refractivity contribution in [2.75, 3.05) is 26.8 Å². The summed E-state index contributed by atoms with van der Waals surface area (Å²) in [4.78, 5) is 2.31. The molecule has 0 amide bonds. The topological polar surface area (TPSA) is 3.24 Å². The van der Waals surface area contributed by atoms with Crippen molar-refractivity contribution in [1.29, 1.82) is 0 Å². The molecule has 2 heteroatoms. The molecule has 0 radical (unpaired) electrons. The smallest absolute Gasteiger partial charge is 0.0897 e. The summed E-state index contributed by atoms with van der Waals surface area (Å²) in [6, 6.07) is 0. The van der Waals surface area contributed by atoms with Crippen LogP contribution in [-0.4, -0.2) is 31.7 Å². The van der Waals surface area contributed by atoms with Crippen molar-refractivity contribution in [2.24, 2.45) is 5.92 Å². The summed E-state index contributed by atoms with van der Waals surface area (Å²) in [6.45, 7) is 2.18. The van der Waals surface area contributed by atoms with Crippen LogP contribution in [0.1, 0.15) is 19.3 Å². The number of halogens is 1. The van der Waals surface area contributed by atoms with Gasteiger partial charge in [-0.1, -0.05) is 0 Å². The van der Waals surface area contributed by atoms with Gasteiger partial charge in [0.1, 0.15) is 0 Å². The molecule has 0 spiro atoms. The molecule has 0 aromatic rings. The molecule has 0 aromatic heterocycles. The molecule has 1 nitrogen and oxygen atoms in total. The van der Waals surface area contributed by atoms with Crippen molar-refractivity contribution in [3.63, 3.8) is 0 Å². The molecular formula is C8H16FN. The lowest BCUT2D eigenvalue weighted by Crippen LogP contribution is -2.30. The van der Waals surface area contributed by atoms with Crippen LogP contribution < -0.4 is 0 Å². The molecule has 0 bridgehead atoms. The fourth-order valence-electron chi connectivity index (χ4n) is 1.51. The van der Waals surface area contributed by atoms with Crippen molar-refractivity contribution in [2.45, 2.75) is 19.3 Å². The van der Waals surface area contributed by atoms with E-state index >= 15 is 0 Å². The van der Waals surface area contributed by atoms with Gasteiger partial charge in [-0.2, -0.15) is 0 Å². The zero-order chi connectivity index (χ0) is 7.40. The Kier molecular flexibility index (Phi) is 3.13. The maximum absolute atomic E-state index is 11.9. The molecule has 60 valence electrons. The fraction of sp³-hybridized carbons (Fsp3) is 1.00. The molecule has 1 rings (SSSR count). The van der Waals surface area contributed by atoms with Crippen molar-refractivity contribution >= 4 is 0 Å². The van der Waals surface area contributed by atoms with E-state index in [1.807, 2.05) is 0 Å². The Balaban J connectivity index is 2.13. The minimum absolute atomic E-state index is 0.131. The van der Waals surface area contributed by atoms with Crippen LogP contribution in [0.4, 0.5) is 4.39 Å². The third kappa shape index (κ3) is 2.25. The standard InChI is InChI=1S/C8H16FN/c1-10-6-3-8(2-5-9)4-7-10/h8H,2-7H2,1H3. The predicted molar refractivity (Wildman–Crippen MR) is 40.8 cm³/mol. The molecule has 0 saturated carbocycles. The molecule has 0 N–H and O–H groups in total. The van der Waals surface area contributed by atoms with E-state index in [1.165, 1.54) is 12.8 Å². The van der Waals surface area contributed by atoms with Gasteiger partial charge in [0.05, 0.1) is 6.67 Å². The lowest BCUT2D eigenvalue weighted by atomic mass is 9.95. The highest BCUT2D eigenvalue weighted by Gasteiger charge is 2.15. The molecule has 1 fully saturated rings. The first kappa shape index (κ1) is 7.99. The van der Waals surface area contributed by atoms with Gasteiger partial charge in [-0.05, 0) is 45.3 Å². The average Bonchev–Trinajstić information content (AvgIpc) is 1.95. The highest BCUT2D eigenvalue weighted by atomic mass is 19.1. The van der Waals surface area contributed by atoms with Crippen LogP contribution in [0.25, 0.3) is 0 Å². The normalized spacial score (nSPS) is 23.4. The second kappa shape index (κ2) is 3.91. The van der Waals surface area contributed by atoms with E-state index in [0.717, 1.165) is 19.5 Å². The van der Waals surface area contributed by atoms with E-state index in [4.69, 9.17) is 0 Å². The Hall–Kier alpha value is -0.110. The fourth-order valence-corrected chi connectivity index (χ4v) is 1.51. The van der Waals surface area contributed by atoms with Crippen LogP contribution in [0.3, 0.4) is 0 Å². The third-order valence-electron chi connectivity index (χ3n) is 2.36. The molecule has 0 atom stereocenters. The van der Waals surface area contributed by atoms with E-state index in [0.29, 0.717) is 5.92 Å². The van der Waals surface area contributed by atoms with Crippen LogP contribution in [0.2, 0.25) is 0 Å². The lowest BCUT2D eigenvalue weighted by Gasteiger charge is -2.28. The van der Waals surface area contributed by atoms with Gasteiger partial charge in [0.15, 0.2) is 0 Å². The van der Waals surface area contributed by atoms with E-state index in [1.54, 1.807) is 0 Å². The SMILES string of the molecule is CN1CCC(CCF)CC1. The molecule has 1 aliphatic heterocycles. The van der Waals surface area contributed by atoms with Crippen molar-refractivity contribution in [3.8, 4) is 0 Å². The van der Waals surface area contributed by atoms with Gasteiger partial charge in [-0.15, -0.1) is 0 Å². The highest BCUT2D eigenvalue weighted by molar-refractivity contribution is 4.69. The lowest BCUT2D eigenvalue weighted by molar-refractivity contribution is 0.203. The number of piperidine rings is 1. The maximum atomic E-state index is 11.9. The minimum atomic E-state index is -0.131. The molecule has 1 aliphatic rings. The summed E-state index contributed by atoms with van der Waals surface area (Å²) < 4.78 is 11.9. The van der Waals surface area contributed by atoms with Crippen molar-refractivity contribution in [1.82, 2.24) is 4.90 Å². The monoisotopic (exact) mass is 145 g/mol. The Morgan fingerprint density at radius 3 is 2.50 bits per heavy atom. The van der Waals surface area contributed by atoms with Crippen LogP contribution in [-0.2, 0) is 0 Å². The van der Waals surface area contributed by atoms with Gasteiger partial charge in [0.25, 0.3) is 0 Å². The molecular weight excluding hydrogens is 129 g/mol. The summed E-state index contributed by atoms with van der Waals surface area (Å²) >= 11 is 0. The summed E-state index contributed by atoms with van der Waals surface area (Å²) in [5.41, 5.74) is 0. The third-order valence-corrected chi connectivity index (χ3v) is 2.36. The predicted octanol–water partition coefficient (Wildman–Crippen LogP) is 1.69. The Labute approximate surface area is 62.2 Å². The maximum Gasteiger partial charge on any atom is 0.0897 e. The average molecular weight is 145 g/mol. The Bertz CT molecular complexity index is 87.3. The van der Waals surface area contributed by atoms with Crippen LogP contribution in [0.5, 0.6) is 0 Å². The van der Waals surface area contributed by atoms with Gasteiger partial charge in [-0.25, -0.2) is 0 Å². The Morgan fingerprint density at radius 2 is 2.00 bits per heavy atom. The number of rotatable bonds is 2. The number of hydrogen-bond donors (Lipinski definition) is 0. The number of nitrogens with zero attached hydrogens (tertiary/aromatic N) is 1. The largest absolute Gasteiger partial charge is 0.306 e. The van der Waals surface area contributed by atoms with Crippen molar-refractivity contribution < 1.29 is 4.39 Å². The second-order valence-electron chi connectivity index (χ2n) is 3.22. The number of likely N-dealkylation sites (tertiary alicyclic amines) is 1. The van der Waals surface area contributed by atoms with Gasteiger partial charge < -0.3 is 4.90 Å². The van der Waals surface area contributed by atoms with Gasteiger partial charge in [0.2, 0.25) is 0 Å². The van der Waals surface area contributed by atoms with Gasteiger partial charge in [0, 0.05) is 0 Å². The highest BCUT2D eigenvalue weighted by Crippen LogP contribution is 2.18. The van der Waals surface area contributed by atoms with Gasteiger partial charge >= 0.3 is 0 Å². The molecule has 1 heterocycles. The summed E-state index contributed by atoms with van der Waals surface area (Å²) in [5.74, 6) is 0.668. The first-order valence-electron chi connectivity index (χ1n) is 4.07. The zero-order valence-electron chi connectivity index (χ0n) is 6.65. The van der Waals surface area contributed by atoms with Crippen LogP contribution >= 0.6 is 0 Å². The second-order valence-corrected chi connectivity index (χ2v) is 3.22. The van der Waals surface area contributed by atoms with E-state index < -0.39 is 0 Å². The zero-order valence-corrected chi connectivity index (χ0v) is 6.65. The number of alkyl halides is 1. The summed E-state index contributed by atoms with van der Waals surface area (Å²) in [6.07, 6.45) is 3.18. The first-order valence-corrected chi connectivity index (χ1v) is 4.07. The Morgan fingerprint density at radius 1 is 1.40 bits per heavy atom. The van der Waals surface area contributed by atoms with E-state index in [2.05, 4.69) is 11.9 Å². The minimum Gasteiger partial charge on any atom is -0.306 e. The summed E-state index contributed by atoms with van der Waals surface area (Å²) in [7, 11) is 2.13. The van der Waals surface area contributed by atoms with E-state index in [9.17, 15) is 4.39 Å². The first-order chi connectivity index (χ1) is 4.83. The molecule has 0 aliphatic carbocycles. The van der Waals surface area contributed by atoms with Crippen molar-refractivity contribution in [3.05, 3.63) is 0 Å². The molecule has 1 saturated heterocycles. The van der Waals surface area contributed by atoms with Gasteiger partial charge in [-0.3, -0.25) is 4.39 Å². The quantitative estimate of drug-likeness (QED) is 0.571. The summed E-state index contributed by atoms with van der Waals surface area (Å²) in [5, 5.41) is 0.